The van der Waals surface area contributed by atoms with Gasteiger partial charge in [0.05, 0.1) is 17.5 Å². The van der Waals surface area contributed by atoms with E-state index in [-0.39, 0.29) is 5.82 Å². The first-order valence-electron chi connectivity index (χ1n) is 12.8. The van der Waals surface area contributed by atoms with Crippen LogP contribution >= 0.6 is 0 Å². The average Bonchev–Trinajstić information content (AvgIpc) is 3.58. The maximum absolute atomic E-state index is 12.1. The third-order valence-corrected chi connectivity index (χ3v) is 6.85. The van der Waals surface area contributed by atoms with Gasteiger partial charge in [0.2, 0.25) is 0 Å². The SMILES string of the molecule is CN/C(=C\N(NC)C1CCCCC1)c1cnn2ccc(N3CCCC3)nc12.Cc1ccc(F)cc1. The summed E-state index contributed by atoms with van der Waals surface area (Å²) < 4.78 is 14.0. The Balaban J connectivity index is 0.000000308. The molecule has 35 heavy (non-hydrogen) atoms. The normalized spacial score (nSPS) is 16.8. The first-order chi connectivity index (χ1) is 17.1. The van der Waals surface area contributed by atoms with E-state index in [1.165, 1.54) is 57.1 Å². The van der Waals surface area contributed by atoms with Crippen LogP contribution in [-0.4, -0.2) is 52.8 Å². The Morgan fingerprint density at radius 3 is 2.37 bits per heavy atom. The minimum absolute atomic E-state index is 0.171. The van der Waals surface area contributed by atoms with Crippen molar-refractivity contribution in [3.63, 3.8) is 0 Å². The smallest absolute Gasteiger partial charge is 0.166 e. The van der Waals surface area contributed by atoms with Gasteiger partial charge in [0.25, 0.3) is 0 Å². The topological polar surface area (TPSA) is 60.7 Å². The van der Waals surface area contributed by atoms with E-state index in [0.717, 1.165) is 41.4 Å². The summed E-state index contributed by atoms with van der Waals surface area (Å²) >= 11 is 0. The Labute approximate surface area is 208 Å². The fourth-order valence-corrected chi connectivity index (χ4v) is 4.82. The highest BCUT2D eigenvalue weighted by molar-refractivity contribution is 5.75. The Morgan fingerprint density at radius 1 is 1.03 bits per heavy atom. The molecule has 0 atom stereocenters. The van der Waals surface area contributed by atoms with Gasteiger partial charge in [0.1, 0.15) is 11.6 Å². The second-order valence-corrected chi connectivity index (χ2v) is 9.32. The number of benzene rings is 1. The molecule has 188 valence electrons. The van der Waals surface area contributed by atoms with Crippen LogP contribution in [0.5, 0.6) is 0 Å². The van der Waals surface area contributed by atoms with Crippen molar-refractivity contribution in [2.75, 3.05) is 32.1 Å². The second-order valence-electron chi connectivity index (χ2n) is 9.32. The predicted molar refractivity (Wildman–Crippen MR) is 140 cm³/mol. The Morgan fingerprint density at radius 2 is 1.74 bits per heavy atom. The van der Waals surface area contributed by atoms with E-state index in [1.807, 2.05) is 37.9 Å². The summed E-state index contributed by atoms with van der Waals surface area (Å²) in [4.78, 5) is 7.30. The summed E-state index contributed by atoms with van der Waals surface area (Å²) in [7, 11) is 3.96. The molecule has 8 heteroatoms. The minimum Gasteiger partial charge on any atom is -0.386 e. The number of aromatic nitrogens is 3. The quantitative estimate of drug-likeness (QED) is 0.498. The van der Waals surface area contributed by atoms with E-state index in [4.69, 9.17) is 4.98 Å². The van der Waals surface area contributed by atoms with E-state index in [0.29, 0.717) is 6.04 Å². The van der Waals surface area contributed by atoms with Gasteiger partial charge in [-0.25, -0.2) is 19.3 Å². The van der Waals surface area contributed by atoms with E-state index in [2.05, 4.69) is 38.0 Å². The number of nitrogens with one attached hydrogen (secondary N) is 2. The fourth-order valence-electron chi connectivity index (χ4n) is 4.82. The maximum atomic E-state index is 12.1. The van der Waals surface area contributed by atoms with Crippen LogP contribution in [-0.2, 0) is 0 Å². The van der Waals surface area contributed by atoms with Crippen molar-refractivity contribution in [2.45, 2.75) is 57.9 Å². The molecule has 1 saturated carbocycles. The second kappa shape index (κ2) is 12.0. The molecule has 2 N–H and O–H groups in total. The Bertz CT molecular complexity index is 1080. The summed E-state index contributed by atoms with van der Waals surface area (Å²) in [6.45, 7) is 4.12. The number of rotatable bonds is 6. The Hall–Kier alpha value is -3.13. The number of hydrazine groups is 1. The molecule has 3 heterocycles. The molecular formula is C27H38FN7. The predicted octanol–water partition coefficient (Wildman–Crippen LogP) is 4.75. The molecule has 3 aromatic rings. The number of anilines is 1. The molecule has 0 spiro atoms. The molecule has 1 aliphatic carbocycles. The molecule has 2 fully saturated rings. The number of halogens is 1. The highest BCUT2D eigenvalue weighted by Crippen LogP contribution is 2.25. The molecule has 1 aliphatic heterocycles. The molecule has 2 aromatic heterocycles. The van der Waals surface area contributed by atoms with Gasteiger partial charge in [-0.15, -0.1) is 0 Å². The number of aryl methyl sites for hydroxylation is 1. The number of hydrogen-bond acceptors (Lipinski definition) is 6. The van der Waals surface area contributed by atoms with Crippen LogP contribution in [0.2, 0.25) is 0 Å². The molecular weight excluding hydrogens is 441 g/mol. The summed E-state index contributed by atoms with van der Waals surface area (Å²) in [5.74, 6) is 0.880. The minimum atomic E-state index is -0.171. The molecule has 0 unspecified atom stereocenters. The zero-order valence-corrected chi connectivity index (χ0v) is 21.2. The van der Waals surface area contributed by atoms with Gasteiger partial charge < -0.3 is 15.2 Å². The summed E-state index contributed by atoms with van der Waals surface area (Å²) in [5, 5.41) is 10.1. The maximum Gasteiger partial charge on any atom is 0.166 e. The van der Waals surface area contributed by atoms with Gasteiger partial charge >= 0.3 is 0 Å². The van der Waals surface area contributed by atoms with Crippen LogP contribution in [0.3, 0.4) is 0 Å². The zero-order chi connectivity index (χ0) is 24.6. The van der Waals surface area contributed by atoms with Crippen molar-refractivity contribution >= 4 is 17.2 Å². The first-order valence-corrected chi connectivity index (χ1v) is 12.8. The number of hydrogen-bond donors (Lipinski definition) is 2. The van der Waals surface area contributed by atoms with Crippen molar-refractivity contribution in [2.24, 2.45) is 0 Å². The monoisotopic (exact) mass is 479 g/mol. The molecule has 0 bridgehead atoms. The van der Waals surface area contributed by atoms with Crippen molar-refractivity contribution in [1.29, 1.82) is 0 Å². The lowest BCUT2D eigenvalue weighted by Gasteiger charge is -2.33. The summed E-state index contributed by atoms with van der Waals surface area (Å²) in [6.07, 6.45) is 15.0. The van der Waals surface area contributed by atoms with Gasteiger partial charge in [-0.05, 0) is 50.8 Å². The fraction of sp³-hybridized carbons (Fsp3) is 0.481. The lowest BCUT2D eigenvalue weighted by molar-refractivity contribution is 0.170. The largest absolute Gasteiger partial charge is 0.386 e. The molecule has 0 radical (unpaired) electrons. The van der Waals surface area contributed by atoms with Gasteiger partial charge in [-0.3, -0.25) is 0 Å². The molecule has 2 aliphatic rings. The van der Waals surface area contributed by atoms with Crippen molar-refractivity contribution < 1.29 is 4.39 Å². The van der Waals surface area contributed by atoms with Crippen molar-refractivity contribution in [1.82, 2.24) is 30.3 Å². The average molecular weight is 480 g/mol. The molecule has 1 saturated heterocycles. The highest BCUT2D eigenvalue weighted by atomic mass is 19.1. The van der Waals surface area contributed by atoms with Crippen molar-refractivity contribution in [3.8, 4) is 0 Å². The van der Waals surface area contributed by atoms with Gasteiger partial charge in [-0.1, -0.05) is 37.0 Å². The van der Waals surface area contributed by atoms with E-state index >= 15 is 0 Å². The number of nitrogens with zero attached hydrogens (tertiary/aromatic N) is 5. The third-order valence-electron chi connectivity index (χ3n) is 6.85. The zero-order valence-electron chi connectivity index (χ0n) is 21.2. The molecule has 7 nitrogen and oxygen atoms in total. The van der Waals surface area contributed by atoms with Crippen LogP contribution in [0.25, 0.3) is 11.3 Å². The molecule has 0 amide bonds. The first kappa shape index (κ1) is 25.0. The van der Waals surface area contributed by atoms with Gasteiger partial charge in [-0.2, -0.15) is 5.10 Å². The lowest BCUT2D eigenvalue weighted by atomic mass is 9.95. The summed E-state index contributed by atoms with van der Waals surface area (Å²) in [5.41, 5.74) is 7.43. The van der Waals surface area contributed by atoms with Crippen LogP contribution in [0.1, 0.15) is 56.1 Å². The van der Waals surface area contributed by atoms with E-state index in [1.54, 1.807) is 12.1 Å². The van der Waals surface area contributed by atoms with Crippen LogP contribution in [0, 0.1) is 12.7 Å². The number of fused-ring (bicyclic) bond motifs is 1. The third kappa shape index (κ3) is 6.31. The van der Waals surface area contributed by atoms with Gasteiger partial charge in [0.15, 0.2) is 5.65 Å². The lowest BCUT2D eigenvalue weighted by Crippen LogP contribution is -2.41. The summed E-state index contributed by atoms with van der Waals surface area (Å²) in [6, 6.07) is 9.01. The van der Waals surface area contributed by atoms with Crippen LogP contribution in [0.4, 0.5) is 10.2 Å². The molecule has 1 aromatic carbocycles. The van der Waals surface area contributed by atoms with Crippen molar-refractivity contribution in [3.05, 3.63) is 65.9 Å². The van der Waals surface area contributed by atoms with E-state index < -0.39 is 0 Å². The standard InChI is InChI=1S/C20H31N7.C7H7F/c1-21-18(15-27(22-2)16-8-4-3-5-9-16)17-14-23-26-13-10-19(24-20(17)26)25-11-6-7-12-25;1-6-2-4-7(8)5-3-6/h10,13-16,21-22H,3-9,11-12H2,1-2H3;2-5H,1H3/b18-15-;. The van der Waals surface area contributed by atoms with Gasteiger partial charge in [0, 0.05) is 45.6 Å². The highest BCUT2D eigenvalue weighted by Gasteiger charge is 2.20. The molecule has 5 rings (SSSR count). The van der Waals surface area contributed by atoms with Crippen LogP contribution in [0.15, 0.2) is 48.9 Å². The Kier molecular flexibility index (Phi) is 8.58. The van der Waals surface area contributed by atoms with Crippen LogP contribution < -0.4 is 15.6 Å². The van der Waals surface area contributed by atoms with E-state index in [9.17, 15) is 4.39 Å².